The van der Waals surface area contributed by atoms with Gasteiger partial charge < -0.3 is 9.52 Å². The van der Waals surface area contributed by atoms with Crippen molar-refractivity contribution in [2.75, 3.05) is 0 Å². The van der Waals surface area contributed by atoms with E-state index in [0.717, 1.165) is 22.9 Å². The van der Waals surface area contributed by atoms with Crippen molar-refractivity contribution in [3.05, 3.63) is 56.2 Å². The molecule has 0 saturated heterocycles. The average molecular weight is 265 g/mol. The van der Waals surface area contributed by atoms with Crippen LogP contribution in [0.2, 0.25) is 0 Å². The molecular weight excluding hydrogens is 258 g/mol. The number of aromatic carboxylic acids is 1. The summed E-state index contributed by atoms with van der Waals surface area (Å²) in [6.07, 6.45) is 0. The zero-order valence-electron chi connectivity index (χ0n) is 9.35. The number of hydrogen-bond acceptors (Lipinski definition) is 6. The Hall–Kier alpha value is -2.97. The lowest BCUT2D eigenvalue weighted by atomic mass is 10.4. The molecule has 1 N–H and O–H groups in total. The average Bonchev–Trinajstić information content (AvgIpc) is 2.80. The van der Waals surface area contributed by atoms with Crippen LogP contribution in [-0.4, -0.2) is 25.8 Å². The van der Waals surface area contributed by atoms with Crippen LogP contribution in [0.15, 0.2) is 33.5 Å². The fourth-order valence-corrected chi connectivity index (χ4v) is 1.37. The Bertz CT molecular complexity index is 701. The summed E-state index contributed by atoms with van der Waals surface area (Å²) in [6.45, 7) is -0.187. The molecule has 0 atom stereocenters. The number of nitro groups is 1. The Morgan fingerprint density at radius 2 is 2.16 bits per heavy atom. The van der Waals surface area contributed by atoms with Crippen LogP contribution in [0.25, 0.3) is 0 Å². The highest BCUT2D eigenvalue weighted by molar-refractivity contribution is 5.84. The molecule has 0 radical (unpaired) electrons. The number of carboxylic acid groups (broad SMARTS) is 1. The second-order valence-corrected chi connectivity index (χ2v) is 3.52. The van der Waals surface area contributed by atoms with Crippen molar-refractivity contribution in [2.24, 2.45) is 0 Å². The minimum absolute atomic E-state index is 0.129. The summed E-state index contributed by atoms with van der Waals surface area (Å²) < 4.78 is 5.71. The normalized spacial score (nSPS) is 10.3. The maximum absolute atomic E-state index is 11.5. The molecule has 0 spiro atoms. The van der Waals surface area contributed by atoms with Gasteiger partial charge >= 0.3 is 11.9 Å². The zero-order valence-corrected chi connectivity index (χ0v) is 9.35. The van der Waals surface area contributed by atoms with Gasteiger partial charge in [0.15, 0.2) is 5.69 Å². The smallest absolute Gasteiger partial charge is 0.433 e. The molecule has 2 rings (SSSR count). The number of rotatable bonds is 4. The Labute approximate surface area is 104 Å². The van der Waals surface area contributed by atoms with Crippen LogP contribution in [-0.2, 0) is 6.54 Å². The van der Waals surface area contributed by atoms with E-state index < -0.39 is 22.3 Å². The molecule has 2 aromatic heterocycles. The van der Waals surface area contributed by atoms with Crippen LogP contribution in [0, 0.1) is 10.1 Å². The molecule has 0 amide bonds. The van der Waals surface area contributed by atoms with Gasteiger partial charge in [-0.3, -0.25) is 14.9 Å². The quantitative estimate of drug-likeness (QED) is 0.629. The number of hydrogen-bond donors (Lipinski definition) is 1. The summed E-state index contributed by atoms with van der Waals surface area (Å²) in [4.78, 5) is 31.9. The van der Waals surface area contributed by atoms with Gasteiger partial charge in [-0.15, -0.1) is 0 Å². The molecule has 0 aliphatic heterocycles. The fourth-order valence-electron chi connectivity index (χ4n) is 1.37. The fraction of sp³-hybridized carbons (Fsp3) is 0.100. The first kappa shape index (κ1) is 12.5. The molecule has 0 unspecified atom stereocenters. The molecule has 2 heterocycles. The summed E-state index contributed by atoms with van der Waals surface area (Å²) in [7, 11) is 0. The lowest BCUT2D eigenvalue weighted by molar-refractivity contribution is -0.402. The molecule has 0 aromatic carbocycles. The largest absolute Gasteiger partial charge is 0.476 e. The van der Waals surface area contributed by atoms with Gasteiger partial charge in [-0.1, -0.05) is 0 Å². The van der Waals surface area contributed by atoms with Crippen molar-refractivity contribution < 1.29 is 19.2 Å². The lowest BCUT2D eigenvalue weighted by Gasteiger charge is -2.02. The van der Waals surface area contributed by atoms with Crippen molar-refractivity contribution in [3.8, 4) is 0 Å². The topological polar surface area (TPSA) is 128 Å². The predicted octanol–water partition coefficient (Wildman–Crippen LogP) is 0.491. The molecule has 0 saturated carbocycles. The zero-order chi connectivity index (χ0) is 14.0. The summed E-state index contributed by atoms with van der Waals surface area (Å²) in [5.74, 6) is -1.61. The first-order valence-corrected chi connectivity index (χ1v) is 5.02. The van der Waals surface area contributed by atoms with E-state index >= 15 is 0 Å². The maximum Gasteiger partial charge on any atom is 0.433 e. The standard InChI is InChI=1S/C10H7N3O6/c14-8-3-2-7(10(15)16)11-12(8)5-6-1-4-9(19-6)13(17)18/h1-4H,5H2,(H,15,16). The third kappa shape index (κ3) is 2.65. The van der Waals surface area contributed by atoms with Crippen LogP contribution in [0.4, 0.5) is 5.88 Å². The van der Waals surface area contributed by atoms with Crippen molar-refractivity contribution in [2.45, 2.75) is 6.54 Å². The summed E-state index contributed by atoms with van der Waals surface area (Å²) >= 11 is 0. The van der Waals surface area contributed by atoms with E-state index in [9.17, 15) is 19.7 Å². The van der Waals surface area contributed by atoms with Gasteiger partial charge in [0.05, 0.1) is 6.07 Å². The first-order valence-electron chi connectivity index (χ1n) is 5.02. The number of carbonyl (C=O) groups is 1. The number of nitrogens with zero attached hydrogens (tertiary/aromatic N) is 3. The highest BCUT2D eigenvalue weighted by Crippen LogP contribution is 2.15. The minimum atomic E-state index is -1.28. The van der Waals surface area contributed by atoms with Gasteiger partial charge in [-0.05, 0) is 12.1 Å². The third-order valence-corrected chi connectivity index (χ3v) is 2.22. The van der Waals surface area contributed by atoms with Crippen molar-refractivity contribution in [1.82, 2.24) is 9.78 Å². The molecular formula is C10H7N3O6. The number of aromatic nitrogens is 2. The monoisotopic (exact) mass is 265 g/mol. The predicted molar refractivity (Wildman–Crippen MR) is 59.9 cm³/mol. The van der Waals surface area contributed by atoms with Crippen LogP contribution >= 0.6 is 0 Å². The molecule has 9 heteroatoms. The van der Waals surface area contributed by atoms with E-state index in [0.29, 0.717) is 0 Å². The van der Waals surface area contributed by atoms with Gasteiger partial charge in [-0.25, -0.2) is 9.48 Å². The van der Waals surface area contributed by atoms with Crippen molar-refractivity contribution in [1.29, 1.82) is 0 Å². The Balaban J connectivity index is 2.31. The lowest BCUT2D eigenvalue weighted by Crippen LogP contribution is -2.24. The van der Waals surface area contributed by atoms with Gasteiger partial charge in [0, 0.05) is 6.07 Å². The highest BCUT2D eigenvalue weighted by atomic mass is 16.6. The summed E-state index contributed by atoms with van der Waals surface area (Å²) in [5, 5.41) is 22.8. The second-order valence-electron chi connectivity index (χ2n) is 3.52. The van der Waals surface area contributed by atoms with Gasteiger partial charge in [-0.2, -0.15) is 5.10 Å². The molecule has 0 aliphatic carbocycles. The van der Waals surface area contributed by atoms with Gasteiger partial charge in [0.1, 0.15) is 17.2 Å². The first-order chi connectivity index (χ1) is 8.97. The Morgan fingerprint density at radius 3 is 2.74 bits per heavy atom. The SMILES string of the molecule is O=C(O)c1ccc(=O)n(Cc2ccc([N+](=O)[O-])o2)n1. The number of carboxylic acids is 1. The van der Waals surface area contributed by atoms with E-state index in [4.69, 9.17) is 9.52 Å². The minimum Gasteiger partial charge on any atom is -0.476 e. The Morgan fingerprint density at radius 1 is 1.42 bits per heavy atom. The molecule has 0 aliphatic rings. The molecule has 19 heavy (non-hydrogen) atoms. The summed E-state index contributed by atoms with van der Waals surface area (Å²) in [6, 6.07) is 4.58. The van der Waals surface area contributed by atoms with E-state index in [1.807, 2.05) is 0 Å². The van der Waals surface area contributed by atoms with E-state index in [1.165, 1.54) is 6.07 Å². The maximum atomic E-state index is 11.5. The van der Waals surface area contributed by atoms with Crippen molar-refractivity contribution in [3.63, 3.8) is 0 Å². The third-order valence-electron chi connectivity index (χ3n) is 2.22. The van der Waals surface area contributed by atoms with E-state index in [2.05, 4.69) is 5.10 Å². The molecule has 2 aromatic rings. The number of furan rings is 1. The van der Waals surface area contributed by atoms with Crippen LogP contribution < -0.4 is 5.56 Å². The van der Waals surface area contributed by atoms with E-state index in [1.54, 1.807) is 0 Å². The van der Waals surface area contributed by atoms with Crippen LogP contribution in [0.3, 0.4) is 0 Å². The summed E-state index contributed by atoms with van der Waals surface area (Å²) in [5.41, 5.74) is -0.843. The van der Waals surface area contributed by atoms with Gasteiger partial charge in [0.2, 0.25) is 0 Å². The molecule has 0 bridgehead atoms. The van der Waals surface area contributed by atoms with Gasteiger partial charge in [0.25, 0.3) is 5.56 Å². The molecule has 9 nitrogen and oxygen atoms in total. The van der Waals surface area contributed by atoms with Crippen LogP contribution in [0.5, 0.6) is 0 Å². The second kappa shape index (κ2) is 4.72. The molecule has 98 valence electrons. The van der Waals surface area contributed by atoms with Crippen molar-refractivity contribution >= 4 is 11.9 Å². The van der Waals surface area contributed by atoms with E-state index in [-0.39, 0.29) is 18.0 Å². The van der Waals surface area contributed by atoms with Crippen LogP contribution in [0.1, 0.15) is 16.2 Å². The molecule has 0 fully saturated rings. The highest BCUT2D eigenvalue weighted by Gasteiger charge is 2.14. The Kier molecular flexibility index (Phi) is 3.10.